The second-order valence-electron chi connectivity index (χ2n) is 4.33. The summed E-state index contributed by atoms with van der Waals surface area (Å²) < 4.78 is 38.4. The zero-order valence-corrected chi connectivity index (χ0v) is 11.2. The average molecular weight is 289 g/mol. The first-order valence-electron chi connectivity index (χ1n) is 6.32. The number of halogens is 3. The average Bonchev–Trinajstić information content (AvgIpc) is 2.37. The molecule has 0 aliphatic carbocycles. The Morgan fingerprint density at radius 1 is 1.30 bits per heavy atom. The lowest BCUT2D eigenvalue weighted by Crippen LogP contribution is -2.26. The summed E-state index contributed by atoms with van der Waals surface area (Å²) in [5.74, 6) is -0.191. The number of anilines is 2. The predicted molar refractivity (Wildman–Crippen MR) is 72.3 cm³/mol. The van der Waals surface area contributed by atoms with Gasteiger partial charge in [0.1, 0.15) is 0 Å². The first kappa shape index (κ1) is 16.1. The zero-order valence-electron chi connectivity index (χ0n) is 11.2. The Labute approximate surface area is 115 Å². The van der Waals surface area contributed by atoms with Crippen LogP contribution in [0.5, 0.6) is 0 Å². The third kappa shape index (κ3) is 4.99. The molecule has 1 rings (SSSR count). The van der Waals surface area contributed by atoms with E-state index >= 15 is 0 Å². The van der Waals surface area contributed by atoms with Gasteiger partial charge in [-0.25, -0.2) is 0 Å². The van der Waals surface area contributed by atoms with Gasteiger partial charge in [-0.15, -0.1) is 0 Å². The van der Waals surface area contributed by atoms with Crippen LogP contribution in [0.1, 0.15) is 25.3 Å². The van der Waals surface area contributed by atoms with Gasteiger partial charge in [0.25, 0.3) is 0 Å². The lowest BCUT2D eigenvalue weighted by atomic mass is 10.1. The van der Waals surface area contributed by atoms with Crippen LogP contribution in [0.25, 0.3) is 0 Å². The van der Waals surface area contributed by atoms with Crippen LogP contribution in [0, 0.1) is 0 Å². The summed E-state index contributed by atoms with van der Waals surface area (Å²) in [5.41, 5.74) is 4.51. The molecule has 0 saturated carbocycles. The van der Waals surface area contributed by atoms with E-state index in [-0.39, 0.29) is 30.2 Å². The van der Waals surface area contributed by atoms with Gasteiger partial charge in [-0.1, -0.05) is 6.92 Å². The fourth-order valence-electron chi connectivity index (χ4n) is 1.61. The van der Waals surface area contributed by atoms with Crippen LogP contribution >= 0.6 is 0 Å². The van der Waals surface area contributed by atoms with Crippen LogP contribution in [-0.4, -0.2) is 19.0 Å². The van der Waals surface area contributed by atoms with E-state index in [2.05, 4.69) is 10.6 Å². The van der Waals surface area contributed by atoms with Crippen LogP contribution in [0.3, 0.4) is 0 Å². The molecule has 0 saturated heterocycles. The van der Waals surface area contributed by atoms with Gasteiger partial charge in [-0.05, 0) is 24.6 Å². The van der Waals surface area contributed by atoms with E-state index in [9.17, 15) is 18.0 Å². The summed E-state index contributed by atoms with van der Waals surface area (Å²) >= 11 is 0. The molecule has 0 unspecified atom stereocenters. The summed E-state index contributed by atoms with van der Waals surface area (Å²) in [6.45, 7) is 2.61. The van der Waals surface area contributed by atoms with E-state index in [1.165, 1.54) is 12.1 Å². The van der Waals surface area contributed by atoms with Gasteiger partial charge >= 0.3 is 6.18 Å². The van der Waals surface area contributed by atoms with Crippen LogP contribution in [0.4, 0.5) is 24.5 Å². The number of nitrogen functional groups attached to an aromatic ring is 1. The third-order valence-electron chi connectivity index (χ3n) is 2.59. The Morgan fingerprint density at radius 2 is 2.00 bits per heavy atom. The highest BCUT2D eigenvalue weighted by Gasteiger charge is 2.33. The van der Waals surface area contributed by atoms with Gasteiger partial charge in [0.05, 0.1) is 5.56 Å². The molecule has 1 aromatic rings. The fourth-order valence-corrected chi connectivity index (χ4v) is 1.61. The van der Waals surface area contributed by atoms with Crippen molar-refractivity contribution in [3.63, 3.8) is 0 Å². The highest BCUT2D eigenvalue weighted by Crippen LogP contribution is 2.35. The summed E-state index contributed by atoms with van der Waals surface area (Å²) in [6.07, 6.45) is -3.56. The standard InChI is InChI=1S/C13H18F3N3O/c1-2-6-19-12(20)5-7-18-11-4-3-9(17)8-10(11)13(14,15)16/h3-4,8,18H,2,5-7,17H2,1H3,(H,19,20). The molecule has 20 heavy (non-hydrogen) atoms. The Hall–Kier alpha value is -1.92. The van der Waals surface area contributed by atoms with Crippen LogP contribution in [0.15, 0.2) is 18.2 Å². The van der Waals surface area contributed by atoms with Crippen molar-refractivity contribution >= 4 is 17.3 Å². The zero-order chi connectivity index (χ0) is 15.2. The molecule has 0 bridgehead atoms. The van der Waals surface area contributed by atoms with Crippen molar-refractivity contribution in [1.29, 1.82) is 0 Å². The molecule has 1 aromatic carbocycles. The molecule has 0 atom stereocenters. The number of nitrogens with two attached hydrogens (primary N) is 1. The highest BCUT2D eigenvalue weighted by molar-refractivity contribution is 5.76. The van der Waals surface area contributed by atoms with Crippen molar-refractivity contribution in [1.82, 2.24) is 5.32 Å². The largest absolute Gasteiger partial charge is 0.418 e. The second kappa shape index (κ2) is 7.02. The third-order valence-corrected chi connectivity index (χ3v) is 2.59. The molecule has 0 spiro atoms. The quantitative estimate of drug-likeness (QED) is 0.705. The molecule has 0 aromatic heterocycles. The van der Waals surface area contributed by atoms with E-state index < -0.39 is 11.7 Å². The molecule has 1 amide bonds. The molecular weight excluding hydrogens is 271 g/mol. The van der Waals surface area contributed by atoms with Gasteiger partial charge in [0.2, 0.25) is 5.91 Å². The van der Waals surface area contributed by atoms with Gasteiger partial charge in [0, 0.05) is 30.9 Å². The number of hydrogen-bond donors (Lipinski definition) is 3. The molecule has 0 heterocycles. The van der Waals surface area contributed by atoms with E-state index in [0.29, 0.717) is 6.54 Å². The number of hydrogen-bond acceptors (Lipinski definition) is 3. The van der Waals surface area contributed by atoms with Crippen molar-refractivity contribution in [3.8, 4) is 0 Å². The number of alkyl halides is 3. The first-order valence-corrected chi connectivity index (χ1v) is 6.32. The van der Waals surface area contributed by atoms with Crippen LogP contribution < -0.4 is 16.4 Å². The van der Waals surface area contributed by atoms with Gasteiger partial charge in [-0.2, -0.15) is 13.2 Å². The van der Waals surface area contributed by atoms with Gasteiger partial charge in [0.15, 0.2) is 0 Å². The smallest absolute Gasteiger partial charge is 0.399 e. The van der Waals surface area contributed by atoms with Crippen molar-refractivity contribution in [3.05, 3.63) is 23.8 Å². The first-order chi connectivity index (χ1) is 9.34. The minimum atomic E-state index is -4.48. The van der Waals surface area contributed by atoms with Crippen molar-refractivity contribution < 1.29 is 18.0 Å². The lowest BCUT2D eigenvalue weighted by molar-refractivity contribution is -0.136. The lowest BCUT2D eigenvalue weighted by Gasteiger charge is -2.15. The summed E-state index contributed by atoms with van der Waals surface area (Å²) in [7, 11) is 0. The van der Waals surface area contributed by atoms with Gasteiger partial charge in [-0.3, -0.25) is 4.79 Å². The maximum absolute atomic E-state index is 12.8. The molecule has 112 valence electrons. The maximum atomic E-state index is 12.8. The Balaban J connectivity index is 2.62. The van der Waals surface area contributed by atoms with Crippen molar-refractivity contribution in [2.45, 2.75) is 25.9 Å². The van der Waals surface area contributed by atoms with E-state index in [0.717, 1.165) is 12.5 Å². The number of carbonyl (C=O) groups is 1. The highest BCUT2D eigenvalue weighted by atomic mass is 19.4. The molecular formula is C13H18F3N3O. The molecule has 0 fully saturated rings. The van der Waals surface area contributed by atoms with Gasteiger partial charge < -0.3 is 16.4 Å². The SMILES string of the molecule is CCCNC(=O)CCNc1ccc(N)cc1C(F)(F)F. The van der Waals surface area contributed by atoms with E-state index in [1.807, 2.05) is 6.92 Å². The number of rotatable bonds is 6. The maximum Gasteiger partial charge on any atom is 0.418 e. The Morgan fingerprint density at radius 3 is 2.60 bits per heavy atom. The summed E-state index contributed by atoms with van der Waals surface area (Å²) in [4.78, 5) is 11.3. The van der Waals surface area contributed by atoms with Crippen molar-refractivity contribution in [2.75, 3.05) is 24.1 Å². The topological polar surface area (TPSA) is 67.2 Å². The Kier molecular flexibility index (Phi) is 5.66. The summed E-state index contributed by atoms with van der Waals surface area (Å²) in [5, 5.41) is 5.27. The monoisotopic (exact) mass is 289 g/mol. The number of benzene rings is 1. The molecule has 4 nitrogen and oxygen atoms in total. The molecule has 7 heteroatoms. The predicted octanol–water partition coefficient (Wildman–Crippen LogP) is 2.62. The summed E-state index contributed by atoms with van der Waals surface area (Å²) in [6, 6.07) is 3.52. The number of nitrogens with one attached hydrogen (secondary N) is 2. The number of amides is 1. The molecule has 4 N–H and O–H groups in total. The molecule has 0 aliphatic heterocycles. The minimum absolute atomic E-state index is 0.0450. The molecule has 0 radical (unpaired) electrons. The normalized spacial score (nSPS) is 11.2. The van der Waals surface area contributed by atoms with E-state index in [4.69, 9.17) is 5.73 Å². The minimum Gasteiger partial charge on any atom is -0.399 e. The Bertz CT molecular complexity index is 461. The molecule has 0 aliphatic rings. The van der Waals surface area contributed by atoms with Crippen molar-refractivity contribution in [2.24, 2.45) is 0 Å². The number of carbonyl (C=O) groups excluding carboxylic acids is 1. The van der Waals surface area contributed by atoms with Crippen LogP contribution in [0.2, 0.25) is 0 Å². The van der Waals surface area contributed by atoms with Crippen LogP contribution in [-0.2, 0) is 11.0 Å². The van der Waals surface area contributed by atoms with E-state index in [1.54, 1.807) is 0 Å². The second-order valence-corrected chi connectivity index (χ2v) is 4.33. The fraction of sp³-hybridized carbons (Fsp3) is 0.462.